The van der Waals surface area contributed by atoms with Crippen LogP contribution in [0.1, 0.15) is 34.5 Å². The van der Waals surface area contributed by atoms with Crippen molar-refractivity contribution in [2.45, 2.75) is 19.6 Å². The Kier molecular flexibility index (Phi) is 6.02. The molecule has 1 N–H and O–H groups in total. The molecule has 0 saturated heterocycles. The predicted molar refractivity (Wildman–Crippen MR) is 105 cm³/mol. The maximum Gasteiger partial charge on any atom is 0.255 e. The number of hydrogen-bond donors (Lipinski definition) is 1. The van der Waals surface area contributed by atoms with E-state index in [1.54, 1.807) is 18.5 Å². The Labute approximate surface area is 161 Å². The smallest absolute Gasteiger partial charge is 0.255 e. The highest BCUT2D eigenvalue weighted by Crippen LogP contribution is 2.21. The van der Waals surface area contributed by atoms with Crippen LogP contribution in [0.15, 0.2) is 77.5 Å². The third-order valence-corrected chi connectivity index (χ3v) is 4.44. The number of rotatable bonds is 6. The first kappa shape index (κ1) is 18.1. The van der Waals surface area contributed by atoms with E-state index in [4.69, 9.17) is 4.74 Å². The summed E-state index contributed by atoms with van der Waals surface area (Å²) in [6, 6.07) is 18.8. The molecule has 0 fully saturated rings. The van der Waals surface area contributed by atoms with Crippen molar-refractivity contribution in [3.8, 4) is 5.75 Å². The van der Waals surface area contributed by atoms with Gasteiger partial charge in [-0.2, -0.15) is 0 Å². The van der Waals surface area contributed by atoms with E-state index >= 15 is 0 Å². The fraction of sp³-hybridized carbons (Fsp3) is 0.143. The average Bonchev–Trinajstić information content (AvgIpc) is 2.67. The van der Waals surface area contributed by atoms with Crippen LogP contribution in [0, 0.1) is 0 Å². The number of aromatic nitrogens is 1. The molecule has 0 radical (unpaired) electrons. The van der Waals surface area contributed by atoms with Gasteiger partial charge >= 0.3 is 0 Å². The first-order valence-electron chi connectivity index (χ1n) is 8.30. The van der Waals surface area contributed by atoms with Crippen molar-refractivity contribution in [1.29, 1.82) is 0 Å². The zero-order valence-corrected chi connectivity index (χ0v) is 15.9. The SMILES string of the molecule is CC(NC(=O)c1ccccc1OCc1cccc(Br)c1)c1cccnc1. The number of halogens is 1. The van der Waals surface area contributed by atoms with E-state index in [9.17, 15) is 4.79 Å². The highest BCUT2D eigenvalue weighted by Gasteiger charge is 2.15. The molecule has 1 unspecified atom stereocenters. The van der Waals surface area contributed by atoms with Crippen LogP contribution in [0.4, 0.5) is 0 Å². The molecule has 0 saturated carbocycles. The number of carbonyl (C=O) groups excluding carboxylic acids is 1. The van der Waals surface area contributed by atoms with Crippen molar-refractivity contribution in [3.63, 3.8) is 0 Å². The molecule has 2 aromatic carbocycles. The Morgan fingerprint density at radius 1 is 1.15 bits per heavy atom. The zero-order valence-electron chi connectivity index (χ0n) is 14.4. The maximum atomic E-state index is 12.7. The molecule has 1 amide bonds. The summed E-state index contributed by atoms with van der Waals surface area (Å²) in [5, 5.41) is 2.99. The number of para-hydroxylation sites is 1. The second-order valence-corrected chi connectivity index (χ2v) is 6.81. The molecule has 0 bridgehead atoms. The number of nitrogens with one attached hydrogen (secondary N) is 1. The molecular formula is C21H19BrN2O2. The summed E-state index contributed by atoms with van der Waals surface area (Å²) < 4.78 is 6.89. The Morgan fingerprint density at radius 2 is 2.00 bits per heavy atom. The summed E-state index contributed by atoms with van der Waals surface area (Å²) in [5.74, 6) is 0.384. The molecule has 5 heteroatoms. The lowest BCUT2D eigenvalue weighted by Gasteiger charge is -2.16. The highest BCUT2D eigenvalue weighted by atomic mass is 79.9. The van der Waals surface area contributed by atoms with E-state index in [-0.39, 0.29) is 11.9 Å². The fourth-order valence-corrected chi connectivity index (χ4v) is 3.00. The zero-order chi connectivity index (χ0) is 18.4. The van der Waals surface area contributed by atoms with Gasteiger partial charge in [-0.25, -0.2) is 0 Å². The monoisotopic (exact) mass is 410 g/mol. The van der Waals surface area contributed by atoms with Crippen molar-refractivity contribution in [3.05, 3.63) is 94.2 Å². The lowest BCUT2D eigenvalue weighted by Crippen LogP contribution is -2.27. The van der Waals surface area contributed by atoms with E-state index < -0.39 is 0 Å². The van der Waals surface area contributed by atoms with Crippen LogP contribution in [0.3, 0.4) is 0 Å². The Morgan fingerprint density at radius 3 is 2.77 bits per heavy atom. The van der Waals surface area contributed by atoms with E-state index in [0.717, 1.165) is 15.6 Å². The van der Waals surface area contributed by atoms with Crippen molar-refractivity contribution < 1.29 is 9.53 Å². The minimum absolute atomic E-state index is 0.144. The molecule has 26 heavy (non-hydrogen) atoms. The molecule has 3 aromatic rings. The van der Waals surface area contributed by atoms with Crippen molar-refractivity contribution in [2.24, 2.45) is 0 Å². The van der Waals surface area contributed by atoms with Crippen LogP contribution in [-0.2, 0) is 6.61 Å². The van der Waals surface area contributed by atoms with Gasteiger partial charge in [0.1, 0.15) is 12.4 Å². The molecular weight excluding hydrogens is 392 g/mol. The Hall–Kier alpha value is -2.66. The van der Waals surface area contributed by atoms with Gasteiger partial charge in [0.2, 0.25) is 0 Å². The molecule has 132 valence electrons. The molecule has 0 aliphatic heterocycles. The quantitative estimate of drug-likeness (QED) is 0.627. The van der Waals surface area contributed by atoms with Crippen LogP contribution < -0.4 is 10.1 Å². The summed E-state index contributed by atoms with van der Waals surface area (Å²) in [4.78, 5) is 16.8. The predicted octanol–water partition coefficient (Wildman–Crippen LogP) is 4.91. The van der Waals surface area contributed by atoms with Gasteiger partial charge in [0.05, 0.1) is 11.6 Å². The molecule has 3 rings (SSSR count). The summed E-state index contributed by atoms with van der Waals surface area (Å²) in [5.41, 5.74) is 2.49. The normalized spacial score (nSPS) is 11.6. The summed E-state index contributed by atoms with van der Waals surface area (Å²) in [7, 11) is 0. The van der Waals surface area contributed by atoms with E-state index in [0.29, 0.717) is 17.9 Å². The first-order chi connectivity index (χ1) is 12.6. The summed E-state index contributed by atoms with van der Waals surface area (Å²) in [6.45, 7) is 2.32. The largest absolute Gasteiger partial charge is 0.488 e. The minimum atomic E-state index is -0.175. The molecule has 1 heterocycles. The number of amides is 1. The number of pyridine rings is 1. The van der Waals surface area contributed by atoms with Gasteiger partial charge in [-0.15, -0.1) is 0 Å². The topological polar surface area (TPSA) is 51.2 Å². The van der Waals surface area contributed by atoms with Crippen LogP contribution >= 0.6 is 15.9 Å². The molecule has 0 aliphatic rings. The van der Waals surface area contributed by atoms with Crippen LogP contribution in [0.2, 0.25) is 0 Å². The summed E-state index contributed by atoms with van der Waals surface area (Å²) >= 11 is 3.45. The van der Waals surface area contributed by atoms with Gasteiger partial charge < -0.3 is 10.1 Å². The molecule has 4 nitrogen and oxygen atoms in total. The first-order valence-corrected chi connectivity index (χ1v) is 9.10. The molecule has 0 spiro atoms. The van der Waals surface area contributed by atoms with Gasteiger partial charge in [0, 0.05) is 16.9 Å². The van der Waals surface area contributed by atoms with Gasteiger partial charge in [-0.3, -0.25) is 9.78 Å². The standard InChI is InChI=1S/C21H19BrN2O2/c1-15(17-7-5-11-23-13-17)24-21(25)19-9-2-3-10-20(19)26-14-16-6-4-8-18(22)12-16/h2-13,15H,14H2,1H3,(H,24,25). The molecule has 1 atom stereocenters. The Balaban J connectivity index is 1.71. The van der Waals surface area contributed by atoms with Gasteiger partial charge in [-0.1, -0.05) is 46.3 Å². The lowest BCUT2D eigenvalue weighted by molar-refractivity contribution is 0.0935. The van der Waals surface area contributed by atoms with Crippen LogP contribution in [-0.4, -0.2) is 10.9 Å². The Bertz CT molecular complexity index is 884. The van der Waals surface area contributed by atoms with Gasteiger partial charge in [-0.05, 0) is 48.4 Å². The van der Waals surface area contributed by atoms with Crippen molar-refractivity contribution in [1.82, 2.24) is 10.3 Å². The van der Waals surface area contributed by atoms with Crippen molar-refractivity contribution >= 4 is 21.8 Å². The summed E-state index contributed by atoms with van der Waals surface area (Å²) in [6.07, 6.45) is 3.46. The van der Waals surface area contributed by atoms with Gasteiger partial charge in [0.15, 0.2) is 0 Å². The average molecular weight is 411 g/mol. The highest BCUT2D eigenvalue weighted by molar-refractivity contribution is 9.10. The van der Waals surface area contributed by atoms with Crippen LogP contribution in [0.25, 0.3) is 0 Å². The van der Waals surface area contributed by atoms with E-state index in [2.05, 4.69) is 26.2 Å². The second kappa shape index (κ2) is 8.63. The van der Waals surface area contributed by atoms with E-state index in [1.165, 1.54) is 0 Å². The number of nitrogens with zero attached hydrogens (tertiary/aromatic N) is 1. The minimum Gasteiger partial charge on any atom is -0.488 e. The second-order valence-electron chi connectivity index (χ2n) is 5.90. The molecule has 0 aliphatic carbocycles. The number of benzene rings is 2. The third kappa shape index (κ3) is 4.70. The van der Waals surface area contributed by atoms with E-state index in [1.807, 2.05) is 61.5 Å². The fourth-order valence-electron chi connectivity index (χ4n) is 2.56. The number of hydrogen-bond acceptors (Lipinski definition) is 3. The van der Waals surface area contributed by atoms with Gasteiger partial charge in [0.25, 0.3) is 5.91 Å². The molecule has 1 aromatic heterocycles. The lowest BCUT2D eigenvalue weighted by atomic mass is 10.1. The maximum absolute atomic E-state index is 12.7. The third-order valence-electron chi connectivity index (χ3n) is 3.95. The number of ether oxygens (including phenoxy) is 1. The van der Waals surface area contributed by atoms with Crippen molar-refractivity contribution in [2.75, 3.05) is 0 Å². The number of carbonyl (C=O) groups is 1. The van der Waals surface area contributed by atoms with Crippen LogP contribution in [0.5, 0.6) is 5.75 Å².